The predicted molar refractivity (Wildman–Crippen MR) is 81.0 cm³/mol. The first-order valence-corrected chi connectivity index (χ1v) is 7.34. The number of nitrogens with one attached hydrogen (secondary N) is 1. The van der Waals surface area contributed by atoms with Crippen LogP contribution in [-0.2, 0) is 6.54 Å². The van der Waals surface area contributed by atoms with Crippen LogP contribution in [0.25, 0.3) is 0 Å². The maximum atomic E-state index is 14.0. The molecule has 0 aliphatic rings. The number of nitro benzene ring substituents is 1. The molecule has 6 heteroatoms. The first kappa shape index (κ1) is 15.5. The smallest absolute Gasteiger partial charge is 0.269 e. The number of nitrogens with zero attached hydrogens (tertiary/aromatic N) is 1. The zero-order chi connectivity index (χ0) is 15.2. The van der Waals surface area contributed by atoms with Crippen molar-refractivity contribution < 1.29 is 9.31 Å². The topological polar surface area (TPSA) is 55.2 Å². The number of nitro groups is 1. The van der Waals surface area contributed by atoms with Crippen LogP contribution in [0, 0.1) is 15.9 Å². The molecule has 0 saturated carbocycles. The maximum Gasteiger partial charge on any atom is 0.269 e. The highest BCUT2D eigenvalue weighted by Crippen LogP contribution is 2.33. The molecule has 0 fully saturated rings. The molecule has 0 bridgehead atoms. The fourth-order valence-electron chi connectivity index (χ4n) is 1.82. The maximum absolute atomic E-state index is 14.0. The van der Waals surface area contributed by atoms with E-state index < -0.39 is 4.92 Å². The average Bonchev–Trinajstić information content (AvgIpc) is 2.48. The van der Waals surface area contributed by atoms with Crippen molar-refractivity contribution in [3.63, 3.8) is 0 Å². The minimum absolute atomic E-state index is 0.0285. The molecule has 0 amide bonds. The molecule has 2 aromatic carbocycles. The molecule has 4 nitrogen and oxygen atoms in total. The Kier molecular flexibility index (Phi) is 5.30. The minimum Gasteiger partial charge on any atom is -0.313 e. The molecule has 0 aliphatic heterocycles. The summed E-state index contributed by atoms with van der Waals surface area (Å²) in [6, 6.07) is 11.1. The summed E-state index contributed by atoms with van der Waals surface area (Å²) in [6.07, 6.45) is 0. The van der Waals surface area contributed by atoms with Gasteiger partial charge in [0, 0.05) is 23.6 Å². The van der Waals surface area contributed by atoms with E-state index in [1.54, 1.807) is 18.2 Å². The SMILES string of the molecule is CCNCc1cccc(F)c1Sc1ccc([N+](=O)[O-])cc1. The van der Waals surface area contributed by atoms with E-state index in [1.807, 2.05) is 13.0 Å². The van der Waals surface area contributed by atoms with Gasteiger partial charge in [0.05, 0.1) is 9.82 Å². The van der Waals surface area contributed by atoms with E-state index in [0.717, 1.165) is 17.0 Å². The fourth-order valence-corrected chi connectivity index (χ4v) is 2.77. The van der Waals surface area contributed by atoms with Gasteiger partial charge in [0.2, 0.25) is 0 Å². The number of rotatable bonds is 6. The summed E-state index contributed by atoms with van der Waals surface area (Å²) < 4.78 is 14.0. The van der Waals surface area contributed by atoms with Gasteiger partial charge in [-0.15, -0.1) is 0 Å². The first-order valence-electron chi connectivity index (χ1n) is 6.52. The third-order valence-corrected chi connectivity index (χ3v) is 4.05. The first-order chi connectivity index (χ1) is 10.1. The molecule has 21 heavy (non-hydrogen) atoms. The summed E-state index contributed by atoms with van der Waals surface area (Å²) in [4.78, 5) is 11.5. The van der Waals surface area contributed by atoms with Crippen LogP contribution in [0.1, 0.15) is 12.5 Å². The number of non-ortho nitro benzene ring substituents is 1. The van der Waals surface area contributed by atoms with Gasteiger partial charge in [-0.2, -0.15) is 0 Å². The average molecular weight is 306 g/mol. The molecule has 0 unspecified atom stereocenters. The summed E-state index contributed by atoms with van der Waals surface area (Å²) in [6.45, 7) is 3.38. The van der Waals surface area contributed by atoms with Gasteiger partial charge in [-0.3, -0.25) is 10.1 Å². The Morgan fingerprint density at radius 2 is 1.95 bits per heavy atom. The van der Waals surface area contributed by atoms with E-state index in [0.29, 0.717) is 11.4 Å². The third kappa shape index (κ3) is 4.03. The molecule has 0 heterocycles. The second-order valence-electron chi connectivity index (χ2n) is 4.36. The highest BCUT2D eigenvalue weighted by Gasteiger charge is 2.11. The molecule has 1 N–H and O–H groups in total. The zero-order valence-corrected chi connectivity index (χ0v) is 12.3. The normalized spacial score (nSPS) is 10.6. The van der Waals surface area contributed by atoms with Crippen LogP contribution in [0.4, 0.5) is 10.1 Å². The third-order valence-electron chi connectivity index (χ3n) is 2.88. The molecule has 0 saturated heterocycles. The molecular formula is C15H15FN2O2S. The van der Waals surface area contributed by atoms with E-state index >= 15 is 0 Å². The van der Waals surface area contributed by atoms with Crippen LogP contribution in [0.5, 0.6) is 0 Å². The summed E-state index contributed by atoms with van der Waals surface area (Å²) in [5, 5.41) is 13.8. The number of hydrogen-bond donors (Lipinski definition) is 1. The molecule has 0 radical (unpaired) electrons. The van der Waals surface area contributed by atoms with E-state index in [2.05, 4.69) is 5.32 Å². The largest absolute Gasteiger partial charge is 0.313 e. The van der Waals surface area contributed by atoms with Gasteiger partial charge < -0.3 is 5.32 Å². The Bertz CT molecular complexity index is 632. The van der Waals surface area contributed by atoms with Crippen molar-refractivity contribution in [1.29, 1.82) is 0 Å². The molecule has 0 atom stereocenters. The lowest BCUT2D eigenvalue weighted by Gasteiger charge is -2.10. The zero-order valence-electron chi connectivity index (χ0n) is 11.5. The van der Waals surface area contributed by atoms with Crippen LogP contribution in [-0.4, -0.2) is 11.5 Å². The van der Waals surface area contributed by atoms with Crippen LogP contribution < -0.4 is 5.32 Å². The van der Waals surface area contributed by atoms with Crippen LogP contribution in [0.15, 0.2) is 52.3 Å². The van der Waals surface area contributed by atoms with E-state index in [-0.39, 0.29) is 11.5 Å². The Labute approximate surface area is 126 Å². The van der Waals surface area contributed by atoms with E-state index in [4.69, 9.17) is 0 Å². The van der Waals surface area contributed by atoms with E-state index in [9.17, 15) is 14.5 Å². The molecule has 0 aliphatic carbocycles. The van der Waals surface area contributed by atoms with Gasteiger partial charge in [-0.05, 0) is 30.3 Å². The summed E-state index contributed by atoms with van der Waals surface area (Å²) in [5.74, 6) is -0.284. The summed E-state index contributed by atoms with van der Waals surface area (Å²) in [7, 11) is 0. The molecule has 2 aromatic rings. The van der Waals surface area contributed by atoms with Crippen molar-refractivity contribution in [3.05, 3.63) is 64.0 Å². The quantitative estimate of drug-likeness (QED) is 0.647. The van der Waals surface area contributed by atoms with Crippen molar-refractivity contribution in [1.82, 2.24) is 5.32 Å². The standard InChI is InChI=1S/C15H15FN2O2S/c1-2-17-10-11-4-3-5-14(16)15(11)21-13-8-6-12(7-9-13)18(19)20/h3-9,17H,2,10H2,1H3. The number of benzene rings is 2. The van der Waals surface area contributed by atoms with Gasteiger partial charge in [0.15, 0.2) is 0 Å². The fraction of sp³-hybridized carbons (Fsp3) is 0.200. The van der Waals surface area contributed by atoms with E-state index in [1.165, 1.54) is 30.0 Å². The highest BCUT2D eigenvalue weighted by molar-refractivity contribution is 7.99. The lowest BCUT2D eigenvalue weighted by atomic mass is 10.2. The molecule has 0 spiro atoms. The van der Waals surface area contributed by atoms with Crippen molar-refractivity contribution >= 4 is 17.4 Å². The second kappa shape index (κ2) is 7.19. The molecule has 0 aromatic heterocycles. The van der Waals surface area contributed by atoms with Gasteiger partial charge in [-0.25, -0.2) is 4.39 Å². The van der Waals surface area contributed by atoms with Crippen molar-refractivity contribution in [2.24, 2.45) is 0 Å². The highest BCUT2D eigenvalue weighted by atomic mass is 32.2. The van der Waals surface area contributed by atoms with Crippen LogP contribution in [0.3, 0.4) is 0 Å². The summed E-state index contributed by atoms with van der Waals surface area (Å²) in [5.41, 5.74) is 0.904. The number of halogens is 1. The van der Waals surface area contributed by atoms with Crippen LogP contribution in [0.2, 0.25) is 0 Å². The molecule has 110 valence electrons. The van der Waals surface area contributed by atoms with Gasteiger partial charge in [0.1, 0.15) is 5.82 Å². The second-order valence-corrected chi connectivity index (χ2v) is 5.45. The Morgan fingerprint density at radius 3 is 2.57 bits per heavy atom. The minimum atomic E-state index is -0.450. The monoisotopic (exact) mass is 306 g/mol. The lowest BCUT2D eigenvalue weighted by Crippen LogP contribution is -2.12. The van der Waals surface area contributed by atoms with Crippen LogP contribution >= 0.6 is 11.8 Å². The number of hydrogen-bond acceptors (Lipinski definition) is 4. The van der Waals surface area contributed by atoms with Crippen molar-refractivity contribution in [2.75, 3.05) is 6.54 Å². The van der Waals surface area contributed by atoms with Gasteiger partial charge >= 0.3 is 0 Å². The Hall–Kier alpha value is -1.92. The molecule has 2 rings (SSSR count). The Morgan fingerprint density at radius 1 is 1.24 bits per heavy atom. The lowest BCUT2D eigenvalue weighted by molar-refractivity contribution is -0.384. The van der Waals surface area contributed by atoms with Gasteiger partial charge in [0.25, 0.3) is 5.69 Å². The Balaban J connectivity index is 2.23. The summed E-state index contributed by atoms with van der Waals surface area (Å²) >= 11 is 1.27. The predicted octanol–water partition coefficient (Wildman–Crippen LogP) is 3.99. The van der Waals surface area contributed by atoms with Gasteiger partial charge in [-0.1, -0.05) is 30.8 Å². The molecular weight excluding hydrogens is 291 g/mol. The van der Waals surface area contributed by atoms with Crippen molar-refractivity contribution in [2.45, 2.75) is 23.3 Å². The van der Waals surface area contributed by atoms with Crippen molar-refractivity contribution in [3.8, 4) is 0 Å².